The Balaban J connectivity index is 3.95. The van der Waals surface area contributed by atoms with Gasteiger partial charge in [-0.15, -0.1) is 0 Å². The third-order valence-electron chi connectivity index (χ3n) is 19.1. The molecule has 0 aromatic rings. The molecule has 0 amide bonds. The molecule has 0 N–H and O–H groups in total. The molecule has 2 unspecified atom stereocenters. The fourth-order valence-electron chi connectivity index (χ4n) is 12.8. The molecule has 0 aromatic heterocycles. The second-order valence-electron chi connectivity index (χ2n) is 29.8. The maximum atomic E-state index is 13.0. The molecular weight excluding hydrogens is 1160 g/mol. The van der Waals surface area contributed by atoms with Crippen LogP contribution in [-0.2, 0) is 33.3 Å². The lowest BCUT2D eigenvalue weighted by molar-refractivity contribution is -0.870. The van der Waals surface area contributed by atoms with E-state index in [0.29, 0.717) is 17.4 Å². The molecular formula is C85H161NO8. The first-order valence-corrected chi connectivity index (χ1v) is 41.6. The van der Waals surface area contributed by atoms with Gasteiger partial charge < -0.3 is 33.3 Å². The van der Waals surface area contributed by atoms with Crippen LogP contribution in [0.15, 0.2) is 36.5 Å². The summed E-state index contributed by atoms with van der Waals surface area (Å²) in [5, 5.41) is 11.9. The molecule has 9 nitrogen and oxygen atoms in total. The molecule has 0 aliphatic carbocycles. The van der Waals surface area contributed by atoms with Crippen LogP contribution in [0.25, 0.3) is 0 Å². The highest BCUT2D eigenvalue weighted by molar-refractivity contribution is 5.70. The van der Waals surface area contributed by atoms with Gasteiger partial charge in [0.1, 0.15) is 13.2 Å². The van der Waals surface area contributed by atoms with Crippen LogP contribution in [0.3, 0.4) is 0 Å². The minimum absolute atomic E-state index is 0.151. The van der Waals surface area contributed by atoms with Crippen LogP contribution in [-0.4, -0.2) is 82.3 Å². The molecule has 0 aliphatic rings. The number of carboxylic acid groups (broad SMARTS) is 1. The molecule has 0 saturated carbocycles. The zero-order valence-corrected chi connectivity index (χ0v) is 63.6. The van der Waals surface area contributed by atoms with Crippen molar-refractivity contribution in [2.75, 3.05) is 47.5 Å². The van der Waals surface area contributed by atoms with Crippen LogP contribution < -0.4 is 5.11 Å². The van der Waals surface area contributed by atoms with Gasteiger partial charge in [0.05, 0.1) is 40.3 Å². The maximum Gasteiger partial charge on any atom is 0.306 e. The first kappa shape index (κ1) is 91.5. The van der Waals surface area contributed by atoms with E-state index in [2.05, 4.69) is 50.3 Å². The molecule has 94 heavy (non-hydrogen) atoms. The Morgan fingerprint density at radius 2 is 0.574 bits per heavy atom. The van der Waals surface area contributed by atoms with E-state index < -0.39 is 24.3 Å². The summed E-state index contributed by atoms with van der Waals surface area (Å²) in [6, 6.07) is 0. The average molecular weight is 1330 g/mol. The van der Waals surface area contributed by atoms with E-state index in [1.807, 2.05) is 21.1 Å². The van der Waals surface area contributed by atoms with Crippen molar-refractivity contribution in [1.29, 1.82) is 0 Å². The molecule has 0 fully saturated rings. The molecule has 0 aliphatic heterocycles. The Kier molecular flexibility index (Phi) is 74.2. The highest BCUT2D eigenvalue weighted by Crippen LogP contribution is 2.20. The molecule has 2 atom stereocenters. The highest BCUT2D eigenvalue weighted by atomic mass is 16.7. The molecule has 0 rings (SSSR count). The number of unbranched alkanes of at least 4 members (excludes halogenated alkanes) is 58. The number of carbonyl (C=O) groups excluding carboxylic acids is 3. The van der Waals surface area contributed by atoms with Gasteiger partial charge in [-0.25, -0.2) is 0 Å². The van der Waals surface area contributed by atoms with E-state index >= 15 is 0 Å². The highest BCUT2D eigenvalue weighted by Gasteiger charge is 2.22. The Hall–Kier alpha value is -2.49. The summed E-state index contributed by atoms with van der Waals surface area (Å²) in [5.74, 6) is -2.25. The average Bonchev–Trinajstić information content (AvgIpc) is 3.35. The van der Waals surface area contributed by atoms with Crippen LogP contribution in [0.4, 0.5) is 0 Å². The van der Waals surface area contributed by atoms with Crippen molar-refractivity contribution < 1.29 is 42.9 Å². The molecule has 0 radical (unpaired) electrons. The number of carbonyl (C=O) groups is 3. The summed E-state index contributed by atoms with van der Waals surface area (Å²) in [6.45, 7) is 4.82. The molecule has 0 heterocycles. The van der Waals surface area contributed by atoms with E-state index in [1.165, 1.54) is 353 Å². The number of likely N-dealkylation sites (N-methyl/N-ethyl adjacent to an activating group) is 1. The van der Waals surface area contributed by atoms with E-state index in [-0.39, 0.29) is 32.2 Å². The molecule has 0 saturated heterocycles. The number of rotatable bonds is 79. The van der Waals surface area contributed by atoms with E-state index in [4.69, 9.17) is 18.9 Å². The largest absolute Gasteiger partial charge is 0.545 e. The second-order valence-corrected chi connectivity index (χ2v) is 29.8. The van der Waals surface area contributed by atoms with Crippen molar-refractivity contribution in [3.05, 3.63) is 36.5 Å². The minimum atomic E-state index is -1.62. The number of ether oxygens (including phenoxy) is 4. The minimum Gasteiger partial charge on any atom is -0.545 e. The lowest BCUT2D eigenvalue weighted by atomic mass is 10.0. The molecule has 0 spiro atoms. The van der Waals surface area contributed by atoms with Crippen molar-refractivity contribution >= 4 is 17.9 Å². The lowest BCUT2D eigenvalue weighted by Crippen LogP contribution is -2.44. The van der Waals surface area contributed by atoms with Gasteiger partial charge in [-0.05, 0) is 51.4 Å². The second kappa shape index (κ2) is 76.3. The number of allylic oxidation sites excluding steroid dienone is 6. The first-order valence-electron chi connectivity index (χ1n) is 41.6. The third kappa shape index (κ3) is 76.9. The summed E-state index contributed by atoms with van der Waals surface area (Å²) in [7, 11) is 5.95. The number of aliphatic carboxylic acids is 1. The zero-order chi connectivity index (χ0) is 68.2. The summed E-state index contributed by atoms with van der Waals surface area (Å²) < 4.78 is 22.9. The van der Waals surface area contributed by atoms with Crippen LogP contribution >= 0.6 is 0 Å². The molecule has 9 heteroatoms. The lowest BCUT2D eigenvalue weighted by Gasteiger charge is -2.26. The van der Waals surface area contributed by atoms with E-state index in [9.17, 15) is 19.5 Å². The third-order valence-corrected chi connectivity index (χ3v) is 19.1. The summed E-state index contributed by atoms with van der Waals surface area (Å²) >= 11 is 0. The summed E-state index contributed by atoms with van der Waals surface area (Å²) in [4.78, 5) is 37.6. The normalized spacial score (nSPS) is 12.7. The molecule has 0 bridgehead atoms. The first-order chi connectivity index (χ1) is 46.1. The predicted octanol–water partition coefficient (Wildman–Crippen LogP) is 25.3. The topological polar surface area (TPSA) is 111 Å². The van der Waals surface area contributed by atoms with Crippen LogP contribution in [0.2, 0.25) is 0 Å². The van der Waals surface area contributed by atoms with Crippen molar-refractivity contribution in [2.24, 2.45) is 0 Å². The quantitative estimate of drug-likeness (QED) is 0.0195. The van der Waals surface area contributed by atoms with Gasteiger partial charge in [0.15, 0.2) is 12.4 Å². The SMILES string of the molecule is CCCCCCC/C=C\C/C=C\C/C=C\CCCCCCCCCCCCCCCCCCCCC(=O)OC(COC(=O)CCCCCCCCCCCCCCCCCCCCCCCCCCCCCCCCCCCCCC)COC(OCC[N+](C)(C)C)C(=O)[O-]. The molecule has 0 aromatic carbocycles. The number of hydrogen-bond donors (Lipinski definition) is 0. The molecule has 554 valence electrons. The van der Waals surface area contributed by atoms with Crippen LogP contribution in [0.1, 0.15) is 431 Å². The van der Waals surface area contributed by atoms with Gasteiger partial charge in [-0.1, -0.05) is 403 Å². The maximum absolute atomic E-state index is 13.0. The number of nitrogens with zero attached hydrogens (tertiary/aromatic N) is 1. The van der Waals surface area contributed by atoms with Crippen molar-refractivity contribution in [2.45, 2.75) is 444 Å². The van der Waals surface area contributed by atoms with Crippen LogP contribution in [0, 0.1) is 0 Å². The van der Waals surface area contributed by atoms with Crippen molar-refractivity contribution in [3.63, 3.8) is 0 Å². The van der Waals surface area contributed by atoms with Gasteiger partial charge in [-0.2, -0.15) is 0 Å². The van der Waals surface area contributed by atoms with Crippen molar-refractivity contribution in [1.82, 2.24) is 0 Å². The fraction of sp³-hybridized carbons (Fsp3) is 0.894. The number of hydrogen-bond acceptors (Lipinski definition) is 8. The van der Waals surface area contributed by atoms with Gasteiger partial charge in [0, 0.05) is 12.8 Å². The van der Waals surface area contributed by atoms with E-state index in [0.717, 1.165) is 51.4 Å². The Morgan fingerprint density at radius 1 is 0.319 bits per heavy atom. The Morgan fingerprint density at radius 3 is 0.851 bits per heavy atom. The van der Waals surface area contributed by atoms with Crippen molar-refractivity contribution in [3.8, 4) is 0 Å². The number of carboxylic acids is 1. The van der Waals surface area contributed by atoms with E-state index in [1.54, 1.807) is 0 Å². The van der Waals surface area contributed by atoms with Crippen LogP contribution in [0.5, 0.6) is 0 Å². The summed E-state index contributed by atoms with van der Waals surface area (Å²) in [5.41, 5.74) is 0. The predicted molar refractivity (Wildman–Crippen MR) is 403 cm³/mol. The van der Waals surface area contributed by atoms with Gasteiger partial charge in [0.2, 0.25) is 0 Å². The monoisotopic (exact) mass is 1320 g/mol. The fourth-order valence-corrected chi connectivity index (χ4v) is 12.8. The Labute approximate surface area is 585 Å². The number of esters is 2. The number of quaternary nitrogens is 1. The van der Waals surface area contributed by atoms with Gasteiger partial charge in [0.25, 0.3) is 0 Å². The zero-order valence-electron chi connectivity index (χ0n) is 63.6. The summed E-state index contributed by atoms with van der Waals surface area (Å²) in [6.07, 6.45) is 95.7. The standard InChI is InChI=1S/C85H161NO8/c1-6-8-10-12-14-16-18-20-22-24-26-28-30-32-34-36-38-40-41-42-44-45-47-49-51-53-55-57-59-61-63-65-67-69-71-73-75-82(87)92-79-81(80-93-85(84(89)90)91-78-77-86(3,4)5)94-83(88)76-74-72-70-68-66-64-62-60-58-56-54-52-50-48-46-43-39-37-35-33-31-29-27-25-23-21-19-17-15-13-11-9-7-2/h19,21,25,27,31,33,81,85H,6-18,20,22-24,26,28-30,32,34-80H2,1-5H3/b21-19-,27-25-,33-31-. The van der Waals surface area contributed by atoms with Gasteiger partial charge >= 0.3 is 11.9 Å². The Bertz CT molecular complexity index is 1640. The van der Waals surface area contributed by atoms with Gasteiger partial charge in [-0.3, -0.25) is 9.59 Å². The smallest absolute Gasteiger partial charge is 0.306 e.